The second-order valence-corrected chi connectivity index (χ2v) is 3.88. The van der Waals surface area contributed by atoms with Crippen LogP contribution >= 0.6 is 0 Å². The lowest BCUT2D eigenvalue weighted by atomic mass is 10.1. The summed E-state index contributed by atoms with van der Waals surface area (Å²) >= 11 is 0. The van der Waals surface area contributed by atoms with Crippen molar-refractivity contribution in [1.82, 2.24) is 25.5 Å². The Morgan fingerprint density at radius 2 is 2.62 bits per heavy atom. The summed E-state index contributed by atoms with van der Waals surface area (Å²) in [6, 6.07) is -0.0953. The zero-order chi connectivity index (χ0) is 11.4. The number of amides is 1. The van der Waals surface area contributed by atoms with Gasteiger partial charge in [0.25, 0.3) is 0 Å². The van der Waals surface area contributed by atoms with E-state index in [-0.39, 0.29) is 11.9 Å². The number of rotatable bonds is 3. The van der Waals surface area contributed by atoms with E-state index < -0.39 is 0 Å². The van der Waals surface area contributed by atoms with Crippen molar-refractivity contribution in [2.45, 2.75) is 12.6 Å². The average Bonchev–Trinajstić information content (AvgIpc) is 2.82. The molecule has 6 nitrogen and oxygen atoms in total. The topological polar surface area (TPSA) is 73.1 Å². The fourth-order valence-corrected chi connectivity index (χ4v) is 1.95. The molecule has 0 saturated carbocycles. The first-order chi connectivity index (χ1) is 7.81. The molecule has 2 heterocycles. The first kappa shape index (κ1) is 11.1. The molecule has 16 heavy (non-hydrogen) atoms. The van der Waals surface area contributed by atoms with Gasteiger partial charge in [0, 0.05) is 45.1 Å². The molecule has 0 aliphatic carbocycles. The number of nitrogens with zero attached hydrogens (tertiary/aromatic N) is 2. The van der Waals surface area contributed by atoms with Gasteiger partial charge in [0.1, 0.15) is 6.04 Å². The number of hydrogen-bond donors (Lipinski definition) is 3. The standard InChI is InChI=1S/C10H17N5O/c1-11-10(16)9-5-12-2-3-15(9)6-8-4-13-7-14-8/h4,7,9,12H,2-3,5-6H2,1H3,(H,11,16)(H,13,14). The lowest BCUT2D eigenvalue weighted by Gasteiger charge is -2.34. The third-order valence-electron chi connectivity index (χ3n) is 2.83. The molecule has 1 aliphatic heterocycles. The third-order valence-corrected chi connectivity index (χ3v) is 2.83. The first-order valence-electron chi connectivity index (χ1n) is 5.45. The van der Waals surface area contributed by atoms with Gasteiger partial charge in [0.2, 0.25) is 5.91 Å². The van der Waals surface area contributed by atoms with Gasteiger partial charge in [-0.15, -0.1) is 0 Å². The summed E-state index contributed by atoms with van der Waals surface area (Å²) in [7, 11) is 1.67. The van der Waals surface area contributed by atoms with Crippen LogP contribution in [-0.4, -0.2) is 53.5 Å². The maximum Gasteiger partial charge on any atom is 0.238 e. The minimum absolute atomic E-state index is 0.0618. The largest absolute Gasteiger partial charge is 0.358 e. The van der Waals surface area contributed by atoms with Crippen molar-refractivity contribution in [2.75, 3.05) is 26.7 Å². The highest BCUT2D eigenvalue weighted by Gasteiger charge is 2.27. The predicted octanol–water partition coefficient (Wildman–Crippen LogP) is -1.07. The van der Waals surface area contributed by atoms with Crippen LogP contribution in [0.2, 0.25) is 0 Å². The summed E-state index contributed by atoms with van der Waals surface area (Å²) < 4.78 is 0. The highest BCUT2D eigenvalue weighted by molar-refractivity contribution is 5.81. The van der Waals surface area contributed by atoms with Crippen molar-refractivity contribution >= 4 is 5.91 Å². The fraction of sp³-hybridized carbons (Fsp3) is 0.600. The van der Waals surface area contributed by atoms with Crippen LogP contribution < -0.4 is 10.6 Å². The first-order valence-corrected chi connectivity index (χ1v) is 5.45. The Morgan fingerprint density at radius 3 is 3.31 bits per heavy atom. The van der Waals surface area contributed by atoms with Crippen molar-refractivity contribution in [1.29, 1.82) is 0 Å². The molecule has 88 valence electrons. The Balaban J connectivity index is 2.02. The van der Waals surface area contributed by atoms with E-state index in [2.05, 4.69) is 25.5 Å². The molecule has 1 aliphatic rings. The second-order valence-electron chi connectivity index (χ2n) is 3.88. The van der Waals surface area contributed by atoms with Crippen LogP contribution in [0.3, 0.4) is 0 Å². The molecule has 1 fully saturated rings. The van der Waals surface area contributed by atoms with E-state index in [9.17, 15) is 4.79 Å². The Bertz CT molecular complexity index is 337. The number of likely N-dealkylation sites (N-methyl/N-ethyl adjacent to an activating group) is 1. The van der Waals surface area contributed by atoms with Gasteiger partial charge in [0.15, 0.2) is 0 Å². The molecule has 1 atom stereocenters. The van der Waals surface area contributed by atoms with Gasteiger partial charge in [-0.1, -0.05) is 0 Å². The zero-order valence-corrected chi connectivity index (χ0v) is 9.36. The van der Waals surface area contributed by atoms with Gasteiger partial charge in [-0.25, -0.2) is 4.98 Å². The van der Waals surface area contributed by atoms with Gasteiger partial charge in [-0.3, -0.25) is 9.69 Å². The number of piperazine rings is 1. The van der Waals surface area contributed by atoms with Gasteiger partial charge in [0.05, 0.1) is 6.33 Å². The zero-order valence-electron chi connectivity index (χ0n) is 9.36. The van der Waals surface area contributed by atoms with Crippen molar-refractivity contribution in [3.63, 3.8) is 0 Å². The van der Waals surface area contributed by atoms with Crippen LogP contribution in [0.25, 0.3) is 0 Å². The normalized spacial score (nSPS) is 21.9. The number of aromatic amines is 1. The van der Waals surface area contributed by atoms with E-state index in [1.807, 2.05) is 0 Å². The molecular weight excluding hydrogens is 206 g/mol. The molecule has 1 aromatic rings. The molecule has 3 N–H and O–H groups in total. The Morgan fingerprint density at radius 1 is 1.75 bits per heavy atom. The van der Waals surface area contributed by atoms with Crippen LogP contribution in [-0.2, 0) is 11.3 Å². The molecule has 2 rings (SSSR count). The van der Waals surface area contributed by atoms with Crippen LogP contribution in [0.4, 0.5) is 0 Å². The number of nitrogens with one attached hydrogen (secondary N) is 3. The molecule has 6 heteroatoms. The average molecular weight is 223 g/mol. The van der Waals surface area contributed by atoms with Crippen LogP contribution in [0.5, 0.6) is 0 Å². The van der Waals surface area contributed by atoms with Crippen molar-refractivity contribution in [3.05, 3.63) is 18.2 Å². The third kappa shape index (κ3) is 2.40. The van der Waals surface area contributed by atoms with Gasteiger partial charge in [-0.2, -0.15) is 0 Å². The Hall–Kier alpha value is -1.40. The molecule has 0 bridgehead atoms. The van der Waals surface area contributed by atoms with Gasteiger partial charge in [-0.05, 0) is 0 Å². The van der Waals surface area contributed by atoms with E-state index >= 15 is 0 Å². The molecule has 1 saturated heterocycles. The molecule has 1 aromatic heterocycles. The second kappa shape index (κ2) is 5.09. The number of carbonyl (C=O) groups excluding carboxylic acids is 1. The molecular formula is C10H17N5O. The Kier molecular flexibility index (Phi) is 3.53. The highest BCUT2D eigenvalue weighted by Crippen LogP contribution is 2.08. The maximum atomic E-state index is 11.7. The summed E-state index contributed by atoms with van der Waals surface area (Å²) in [6.45, 7) is 3.23. The summed E-state index contributed by atoms with van der Waals surface area (Å²) in [4.78, 5) is 20.9. The van der Waals surface area contributed by atoms with Crippen molar-refractivity contribution in [3.8, 4) is 0 Å². The molecule has 1 amide bonds. The fourth-order valence-electron chi connectivity index (χ4n) is 1.95. The summed E-state index contributed by atoms with van der Waals surface area (Å²) in [6.07, 6.45) is 3.45. The number of carbonyl (C=O) groups is 1. The minimum atomic E-state index is -0.0953. The number of aromatic nitrogens is 2. The molecule has 0 aromatic carbocycles. The lowest BCUT2D eigenvalue weighted by molar-refractivity contribution is -0.126. The molecule has 0 spiro atoms. The smallest absolute Gasteiger partial charge is 0.238 e. The number of hydrogen-bond acceptors (Lipinski definition) is 4. The van der Waals surface area contributed by atoms with Gasteiger partial charge < -0.3 is 15.6 Å². The summed E-state index contributed by atoms with van der Waals surface area (Å²) in [5, 5.41) is 5.93. The SMILES string of the molecule is CNC(=O)C1CNCCN1Cc1cnc[nH]1. The Labute approximate surface area is 94.4 Å². The number of imidazole rings is 1. The van der Waals surface area contributed by atoms with Crippen LogP contribution in [0.1, 0.15) is 5.69 Å². The van der Waals surface area contributed by atoms with E-state index in [0.717, 1.165) is 25.3 Å². The van der Waals surface area contributed by atoms with Crippen LogP contribution in [0, 0.1) is 0 Å². The molecule has 0 radical (unpaired) electrons. The molecule has 1 unspecified atom stereocenters. The number of H-pyrrole nitrogens is 1. The predicted molar refractivity (Wildman–Crippen MR) is 59.7 cm³/mol. The summed E-state index contributed by atoms with van der Waals surface area (Å²) in [5.74, 6) is 0.0618. The monoisotopic (exact) mass is 223 g/mol. The lowest BCUT2D eigenvalue weighted by Crippen LogP contribution is -2.56. The van der Waals surface area contributed by atoms with E-state index in [0.29, 0.717) is 6.54 Å². The van der Waals surface area contributed by atoms with Crippen molar-refractivity contribution < 1.29 is 4.79 Å². The van der Waals surface area contributed by atoms with E-state index in [1.165, 1.54) is 0 Å². The van der Waals surface area contributed by atoms with E-state index in [1.54, 1.807) is 19.6 Å². The summed E-state index contributed by atoms with van der Waals surface area (Å²) in [5.41, 5.74) is 1.04. The quantitative estimate of drug-likeness (QED) is 0.610. The van der Waals surface area contributed by atoms with Crippen molar-refractivity contribution in [2.24, 2.45) is 0 Å². The van der Waals surface area contributed by atoms with Crippen LogP contribution in [0.15, 0.2) is 12.5 Å². The van der Waals surface area contributed by atoms with Gasteiger partial charge >= 0.3 is 0 Å². The van der Waals surface area contributed by atoms with E-state index in [4.69, 9.17) is 0 Å². The minimum Gasteiger partial charge on any atom is -0.358 e. The highest BCUT2D eigenvalue weighted by atomic mass is 16.2. The maximum absolute atomic E-state index is 11.7.